The fraction of sp³-hybridized carbons (Fsp3) is 0.478. The summed E-state index contributed by atoms with van der Waals surface area (Å²) < 4.78 is 0. The second-order valence-corrected chi connectivity index (χ2v) is 16.8. The molecular weight excluding hydrogens is 731 g/mol. The molecule has 2 saturated heterocycles. The molecule has 0 bridgehead atoms. The number of nitrogens with one attached hydrogen (secondary N) is 3. The van der Waals surface area contributed by atoms with E-state index in [0.29, 0.717) is 32.0 Å². The van der Waals surface area contributed by atoms with Gasteiger partial charge in [-0.15, -0.1) is 0 Å². The normalized spacial score (nSPS) is 24.1. The van der Waals surface area contributed by atoms with E-state index in [1.54, 1.807) is 4.90 Å². The zero-order valence-electron chi connectivity index (χ0n) is 33.1. The van der Waals surface area contributed by atoms with Crippen LogP contribution in [0.2, 0.25) is 0 Å². The van der Waals surface area contributed by atoms with Crippen LogP contribution in [0.3, 0.4) is 0 Å². The number of likely N-dealkylation sites (tertiary alicyclic amines) is 2. The lowest BCUT2D eigenvalue weighted by Gasteiger charge is -2.38. The van der Waals surface area contributed by atoms with E-state index in [9.17, 15) is 24.0 Å². The number of carbonyl (C=O) groups is 5. The molecule has 304 valence electrons. The van der Waals surface area contributed by atoms with Crippen molar-refractivity contribution in [2.24, 2.45) is 22.6 Å². The Balaban J connectivity index is 0.844. The predicted molar refractivity (Wildman–Crippen MR) is 220 cm³/mol. The molecular formula is C46H55N7O5. The van der Waals surface area contributed by atoms with Gasteiger partial charge < -0.3 is 31.5 Å². The first-order valence-corrected chi connectivity index (χ1v) is 21.2. The van der Waals surface area contributed by atoms with Gasteiger partial charge in [0.15, 0.2) is 0 Å². The van der Waals surface area contributed by atoms with Gasteiger partial charge in [0.1, 0.15) is 18.1 Å². The van der Waals surface area contributed by atoms with E-state index in [0.717, 1.165) is 80.2 Å². The van der Waals surface area contributed by atoms with Crippen molar-refractivity contribution < 1.29 is 24.0 Å². The molecule has 4 unspecified atom stereocenters. The van der Waals surface area contributed by atoms with Crippen LogP contribution in [-0.2, 0) is 24.0 Å². The third-order valence-electron chi connectivity index (χ3n) is 12.6. The molecule has 3 aliphatic carbocycles. The van der Waals surface area contributed by atoms with Crippen LogP contribution in [0.25, 0.3) is 0 Å². The van der Waals surface area contributed by atoms with Gasteiger partial charge in [0, 0.05) is 37.5 Å². The molecule has 5 amide bonds. The van der Waals surface area contributed by atoms with Crippen molar-refractivity contribution in [1.82, 2.24) is 25.8 Å². The van der Waals surface area contributed by atoms with Crippen LogP contribution in [0.4, 0.5) is 0 Å². The molecule has 3 aromatic carbocycles. The first-order valence-electron chi connectivity index (χ1n) is 21.2. The molecule has 0 radical (unpaired) electrons. The van der Waals surface area contributed by atoms with E-state index in [4.69, 9.17) is 10.7 Å². The summed E-state index contributed by atoms with van der Waals surface area (Å²) >= 11 is 0. The molecule has 5 aliphatic rings. The molecule has 58 heavy (non-hydrogen) atoms. The lowest BCUT2D eigenvalue weighted by atomic mass is 9.75. The molecule has 3 saturated carbocycles. The Labute approximate surface area is 340 Å². The van der Waals surface area contributed by atoms with Gasteiger partial charge in [-0.1, -0.05) is 84.9 Å². The van der Waals surface area contributed by atoms with E-state index in [-0.39, 0.29) is 60.0 Å². The van der Waals surface area contributed by atoms with Gasteiger partial charge in [0.25, 0.3) is 0 Å². The average molecular weight is 786 g/mol. The molecule has 3 aromatic rings. The summed E-state index contributed by atoms with van der Waals surface area (Å²) in [5.41, 5.74) is 10.6. The quantitative estimate of drug-likeness (QED) is 0.168. The fourth-order valence-corrected chi connectivity index (χ4v) is 8.77. The minimum Gasteiger partial charge on any atom is -0.352 e. The van der Waals surface area contributed by atoms with E-state index >= 15 is 0 Å². The van der Waals surface area contributed by atoms with Crippen molar-refractivity contribution >= 4 is 35.2 Å². The minimum atomic E-state index is -0.810. The molecule has 0 aromatic heterocycles. The first kappa shape index (κ1) is 39.5. The molecule has 2 aliphatic heterocycles. The second kappa shape index (κ2) is 17.6. The number of nitrogens with zero attached hydrogens (tertiary/aromatic N) is 3. The summed E-state index contributed by atoms with van der Waals surface area (Å²) in [7, 11) is 0. The van der Waals surface area contributed by atoms with Crippen LogP contribution in [0.5, 0.6) is 0 Å². The van der Waals surface area contributed by atoms with E-state index < -0.39 is 18.1 Å². The smallest absolute Gasteiger partial charge is 0.250 e. The summed E-state index contributed by atoms with van der Waals surface area (Å²) in [6.45, 7) is 1.82. The van der Waals surface area contributed by atoms with Crippen molar-refractivity contribution in [1.29, 1.82) is 0 Å². The number of hydrogen-bond donors (Lipinski definition) is 4. The van der Waals surface area contributed by atoms with Gasteiger partial charge in [-0.25, -0.2) is 0 Å². The van der Waals surface area contributed by atoms with Crippen molar-refractivity contribution in [3.8, 4) is 0 Å². The fourth-order valence-electron chi connectivity index (χ4n) is 8.77. The highest BCUT2D eigenvalue weighted by Gasteiger charge is 2.42. The Kier molecular flexibility index (Phi) is 12.0. The molecule has 8 rings (SSSR count). The molecule has 12 heteroatoms. The van der Waals surface area contributed by atoms with E-state index in [1.807, 2.05) is 65.6 Å². The van der Waals surface area contributed by atoms with Gasteiger partial charge in [-0.3, -0.25) is 29.0 Å². The Hall–Kier alpha value is -5.36. The van der Waals surface area contributed by atoms with Crippen LogP contribution in [0, 0.1) is 11.8 Å². The first-order chi connectivity index (χ1) is 28.3. The third kappa shape index (κ3) is 9.02. The maximum absolute atomic E-state index is 14.0. The van der Waals surface area contributed by atoms with Crippen LogP contribution < -0.4 is 21.7 Å². The molecule has 0 spiro atoms. The van der Waals surface area contributed by atoms with Crippen molar-refractivity contribution in [3.63, 3.8) is 0 Å². The van der Waals surface area contributed by atoms with Crippen molar-refractivity contribution in [2.75, 3.05) is 26.2 Å². The van der Waals surface area contributed by atoms with E-state index in [1.165, 1.54) is 5.56 Å². The number of hydrogen-bond acceptors (Lipinski definition) is 7. The average Bonchev–Trinajstić information content (AvgIpc) is 4.18. The number of amides is 5. The minimum absolute atomic E-state index is 0.00256. The van der Waals surface area contributed by atoms with Gasteiger partial charge in [-0.2, -0.15) is 0 Å². The largest absolute Gasteiger partial charge is 0.352 e. The Morgan fingerprint density at radius 3 is 1.74 bits per heavy atom. The zero-order chi connectivity index (χ0) is 40.2. The monoisotopic (exact) mass is 785 g/mol. The van der Waals surface area contributed by atoms with Gasteiger partial charge in [0.05, 0.1) is 18.3 Å². The van der Waals surface area contributed by atoms with E-state index in [2.05, 4.69) is 40.2 Å². The van der Waals surface area contributed by atoms with Crippen molar-refractivity contribution in [2.45, 2.75) is 100 Å². The molecule has 12 nitrogen and oxygen atoms in total. The molecule has 4 atom stereocenters. The van der Waals surface area contributed by atoms with Crippen LogP contribution in [0.1, 0.15) is 104 Å². The number of nitrogens with two attached hydrogens (primary N) is 1. The summed E-state index contributed by atoms with van der Waals surface area (Å²) in [6, 6.07) is 25.0. The summed E-state index contributed by atoms with van der Waals surface area (Å²) in [6.07, 6.45) is 8.10. The maximum atomic E-state index is 14.0. The second-order valence-electron chi connectivity index (χ2n) is 16.8. The standard InChI is InChI=1S/C46H55N7O5/c47-27-38(48-28-37-13-7-23-52(37)45(57)40(31-9-3-1-4-10-31)50-42(54)33-19-20-33)30-17-15-29(16-18-30)35-25-36(26-35)49-44(56)39-14-8-24-53(39)46(58)41(32-11-5-2-6-12-32)51-43(55)34-21-22-34/h1-6,9-12,15-18,33-37,39-41H,7-8,13-14,19-28,47H2,(H,49,56)(H,50,54)(H,51,55). The number of rotatable bonds is 15. The highest BCUT2D eigenvalue weighted by molar-refractivity contribution is 6.02. The number of aliphatic imine (C=N–C) groups is 1. The van der Waals surface area contributed by atoms with Crippen LogP contribution >= 0.6 is 0 Å². The Morgan fingerprint density at radius 2 is 1.19 bits per heavy atom. The van der Waals surface area contributed by atoms with Crippen LogP contribution in [0.15, 0.2) is 89.9 Å². The zero-order valence-corrected chi connectivity index (χ0v) is 33.1. The maximum Gasteiger partial charge on any atom is 0.250 e. The Morgan fingerprint density at radius 1 is 0.655 bits per heavy atom. The van der Waals surface area contributed by atoms with Crippen LogP contribution in [-0.4, -0.2) is 89.4 Å². The molecule has 2 heterocycles. The molecule has 5 N–H and O–H groups in total. The summed E-state index contributed by atoms with van der Waals surface area (Å²) in [5.74, 6) is -0.337. The Bertz CT molecular complexity index is 1990. The number of benzene rings is 3. The third-order valence-corrected chi connectivity index (χ3v) is 12.6. The van der Waals surface area contributed by atoms with Gasteiger partial charge in [0.2, 0.25) is 29.5 Å². The summed E-state index contributed by atoms with van der Waals surface area (Å²) in [4.78, 5) is 75.4. The SMILES string of the molecule is NCC(=NCC1CCCN1C(=O)C(NC(=O)C1CC1)c1ccccc1)c1ccc(C2CC(NC(=O)C3CCCN3C(=O)C(NC(=O)C3CC3)c3ccccc3)C2)cc1. The molecule has 5 fully saturated rings. The topological polar surface area (TPSA) is 166 Å². The van der Waals surface area contributed by atoms with Gasteiger partial charge >= 0.3 is 0 Å². The lowest BCUT2D eigenvalue weighted by Crippen LogP contribution is -2.53. The van der Waals surface area contributed by atoms with Gasteiger partial charge in [-0.05, 0) is 92.4 Å². The summed E-state index contributed by atoms with van der Waals surface area (Å²) in [5, 5.41) is 9.22. The van der Waals surface area contributed by atoms with Crippen molar-refractivity contribution in [3.05, 3.63) is 107 Å². The highest BCUT2D eigenvalue weighted by Crippen LogP contribution is 2.38. The number of carbonyl (C=O) groups excluding carboxylic acids is 5. The predicted octanol–water partition coefficient (Wildman–Crippen LogP) is 4.31. The lowest BCUT2D eigenvalue weighted by molar-refractivity contribution is -0.142. The highest BCUT2D eigenvalue weighted by atomic mass is 16.2.